The molecule has 0 atom stereocenters. The summed E-state index contributed by atoms with van der Waals surface area (Å²) in [6.07, 6.45) is 0.980. The topological polar surface area (TPSA) is 18.5 Å². The third-order valence-electron chi connectivity index (χ3n) is 2.29. The molecule has 0 spiro atoms. The Kier molecular flexibility index (Phi) is 4.60. The zero-order valence-corrected chi connectivity index (χ0v) is 10.1. The first-order valence-corrected chi connectivity index (χ1v) is 9.88. The van der Waals surface area contributed by atoms with Crippen molar-refractivity contribution < 1.29 is 22.7 Å². The van der Waals surface area contributed by atoms with Crippen LogP contribution in [-0.2, 0) is 22.7 Å². The molecule has 0 aromatic carbocycles. The van der Waals surface area contributed by atoms with E-state index in [-0.39, 0.29) is 0 Å². The zero-order chi connectivity index (χ0) is 8.98. The van der Waals surface area contributed by atoms with Crippen LogP contribution >= 0.6 is 11.6 Å². The van der Waals surface area contributed by atoms with E-state index in [1.807, 2.05) is 0 Å². The summed E-state index contributed by atoms with van der Waals surface area (Å²) in [6.45, 7) is 0. The second kappa shape index (κ2) is 4.24. The summed E-state index contributed by atoms with van der Waals surface area (Å²) in [5.74, 6) is 0.688. The third-order valence-corrected chi connectivity index (χ3v) is 9.28. The van der Waals surface area contributed by atoms with Crippen molar-refractivity contribution in [2.75, 3.05) is 20.1 Å². The zero-order valence-electron chi connectivity index (χ0n) is 7.82. The van der Waals surface area contributed by atoms with Gasteiger partial charge in [0.1, 0.15) is 0 Å². The summed E-state index contributed by atoms with van der Waals surface area (Å²) in [5.41, 5.74) is 0. The van der Waals surface area contributed by atoms with Gasteiger partial charge in [0.05, 0.1) is 0 Å². The predicted molar refractivity (Wildman–Crippen MR) is 45.9 cm³/mol. The van der Waals surface area contributed by atoms with Gasteiger partial charge in [0, 0.05) is 0 Å². The first-order chi connectivity index (χ1) is 4.96. The number of alkyl halides is 1. The van der Waals surface area contributed by atoms with E-state index >= 15 is 0 Å². The fourth-order valence-corrected chi connectivity index (χ4v) is 4.06. The third kappa shape index (κ3) is 3.91. The van der Waals surface area contributed by atoms with Crippen LogP contribution < -0.4 is 0 Å². The van der Waals surface area contributed by atoms with Crippen LogP contribution in [0.4, 0.5) is 0 Å². The monoisotopic (exact) mass is 217 g/mol. The Bertz CT molecular complexity index is 120. The summed E-state index contributed by atoms with van der Waals surface area (Å²) >= 11 is 2.68. The summed E-state index contributed by atoms with van der Waals surface area (Å²) in [5, 5.41) is 4.23. The second-order valence-corrected chi connectivity index (χ2v) is 13.5. The van der Waals surface area contributed by atoms with E-state index in [4.69, 9.17) is 18.2 Å². The average Bonchev–Trinajstić information content (AvgIpc) is 2.02. The van der Waals surface area contributed by atoms with E-state index in [1.165, 1.54) is 0 Å². The summed E-state index contributed by atoms with van der Waals surface area (Å²) in [7, 11) is 3.46. The van der Waals surface area contributed by atoms with Gasteiger partial charge in [-0.25, -0.2) is 0 Å². The van der Waals surface area contributed by atoms with Gasteiger partial charge >= 0.3 is 76.0 Å². The molecule has 0 aromatic rings. The molecule has 11 heavy (non-hydrogen) atoms. The fourth-order valence-electron chi connectivity index (χ4n) is 0.852. The molecule has 0 saturated carbocycles. The predicted octanol–water partition coefficient (Wildman–Crippen LogP) is 2.94. The summed E-state index contributed by atoms with van der Waals surface area (Å²) < 4.78 is 12.0. The quantitative estimate of drug-likeness (QED) is 0.521. The maximum atomic E-state index is 5.60. The molecule has 0 saturated heterocycles. The van der Waals surface area contributed by atoms with Gasteiger partial charge in [-0.15, -0.1) is 0 Å². The minimum atomic E-state index is -2.92. The Morgan fingerprint density at radius 1 is 1.18 bits per heavy atom. The SMILES string of the molecule is C[O][Ti]([CH3])([CH3])([CH2]CCCl)[O]C. The molecule has 0 heterocycles. The van der Waals surface area contributed by atoms with Gasteiger partial charge in [0.2, 0.25) is 0 Å². The molecule has 0 N–H and O–H groups in total. The second-order valence-electron chi connectivity index (χ2n) is 3.60. The molecule has 0 aliphatic heterocycles. The van der Waals surface area contributed by atoms with Crippen molar-refractivity contribution >= 4 is 11.6 Å². The summed E-state index contributed by atoms with van der Waals surface area (Å²) in [6, 6.07) is 0. The van der Waals surface area contributed by atoms with Gasteiger partial charge in [0.25, 0.3) is 0 Å². The molecular formula is C7H18ClO2Ti. The van der Waals surface area contributed by atoms with Crippen LogP contribution in [0.25, 0.3) is 0 Å². The van der Waals surface area contributed by atoms with Gasteiger partial charge in [0.15, 0.2) is 0 Å². The molecule has 0 fully saturated rings. The molecular weight excluding hydrogens is 199 g/mol. The first kappa shape index (κ1) is 11.9. The van der Waals surface area contributed by atoms with Crippen LogP contribution in [-0.4, -0.2) is 20.1 Å². The van der Waals surface area contributed by atoms with Crippen LogP contribution in [0.2, 0.25) is 15.2 Å². The first-order valence-electron chi connectivity index (χ1n) is 3.85. The molecule has 0 unspecified atom stereocenters. The van der Waals surface area contributed by atoms with Crippen molar-refractivity contribution in [3.63, 3.8) is 0 Å². The van der Waals surface area contributed by atoms with Gasteiger partial charge in [-0.05, 0) is 0 Å². The van der Waals surface area contributed by atoms with Gasteiger partial charge < -0.3 is 0 Å². The molecule has 2 nitrogen and oxygen atoms in total. The standard InChI is InChI=1S/C3H6Cl.2CH3O.2CH3.Ti/c1-2-3-4;2*1-2;;;/h1-3H2;2*1H3;2*1H3;/q;2*-1;;;+2. The molecule has 0 rings (SSSR count). The molecule has 0 aliphatic rings. The van der Waals surface area contributed by atoms with Crippen molar-refractivity contribution in [1.29, 1.82) is 0 Å². The van der Waals surface area contributed by atoms with E-state index in [2.05, 4.69) is 10.5 Å². The Morgan fingerprint density at radius 3 is 1.91 bits per heavy atom. The van der Waals surface area contributed by atoms with E-state index < -0.39 is 16.1 Å². The molecule has 0 aliphatic carbocycles. The van der Waals surface area contributed by atoms with Crippen molar-refractivity contribution in [2.45, 2.75) is 21.6 Å². The number of hydrogen-bond acceptors (Lipinski definition) is 2. The Morgan fingerprint density at radius 2 is 1.64 bits per heavy atom. The van der Waals surface area contributed by atoms with Crippen LogP contribution in [0.1, 0.15) is 6.42 Å². The summed E-state index contributed by atoms with van der Waals surface area (Å²) in [4.78, 5) is 0. The van der Waals surface area contributed by atoms with Gasteiger partial charge in [-0.2, -0.15) is 0 Å². The van der Waals surface area contributed by atoms with Crippen molar-refractivity contribution in [2.24, 2.45) is 0 Å². The average molecular weight is 218 g/mol. The Hall–Kier alpha value is 0.924. The molecule has 69 valence electrons. The van der Waals surface area contributed by atoms with Gasteiger partial charge in [-0.1, -0.05) is 0 Å². The Labute approximate surface area is 76.0 Å². The number of halogens is 1. The molecule has 0 amide bonds. The normalized spacial score (nSPS) is 15.9. The van der Waals surface area contributed by atoms with E-state index in [1.54, 1.807) is 14.2 Å². The van der Waals surface area contributed by atoms with Crippen LogP contribution in [0.5, 0.6) is 0 Å². The van der Waals surface area contributed by atoms with Crippen LogP contribution in [0.15, 0.2) is 0 Å². The number of hydrogen-bond donors (Lipinski definition) is 0. The van der Waals surface area contributed by atoms with Crippen molar-refractivity contribution in [3.05, 3.63) is 0 Å². The van der Waals surface area contributed by atoms with E-state index in [9.17, 15) is 0 Å². The maximum absolute atomic E-state index is 5.60. The molecule has 0 radical (unpaired) electrons. The van der Waals surface area contributed by atoms with Crippen LogP contribution in [0, 0.1) is 0 Å². The molecule has 0 bridgehead atoms. The fraction of sp³-hybridized carbons (Fsp3) is 1.00. The van der Waals surface area contributed by atoms with Crippen LogP contribution in [0.3, 0.4) is 0 Å². The van der Waals surface area contributed by atoms with E-state index in [0.717, 1.165) is 11.1 Å². The Balaban J connectivity index is 4.09. The van der Waals surface area contributed by atoms with Crippen molar-refractivity contribution in [3.8, 4) is 0 Å². The molecule has 0 aromatic heterocycles. The van der Waals surface area contributed by atoms with Gasteiger partial charge in [-0.3, -0.25) is 0 Å². The molecule has 4 heteroatoms. The van der Waals surface area contributed by atoms with Crippen molar-refractivity contribution in [1.82, 2.24) is 0 Å². The van der Waals surface area contributed by atoms with E-state index in [0.29, 0.717) is 5.88 Å². The minimum absolute atomic E-state index is 0.688. The number of rotatable bonds is 5.